The lowest BCUT2D eigenvalue weighted by Gasteiger charge is -2.30. The Morgan fingerprint density at radius 2 is 2.00 bits per heavy atom. The predicted molar refractivity (Wildman–Crippen MR) is 67.3 cm³/mol. The molecule has 0 saturated carbocycles. The van der Waals surface area contributed by atoms with Gasteiger partial charge in [-0.25, -0.2) is 0 Å². The zero-order valence-corrected chi connectivity index (χ0v) is 11.0. The lowest BCUT2D eigenvalue weighted by molar-refractivity contribution is -0.133. The number of amides is 1. The van der Waals surface area contributed by atoms with Crippen LogP contribution in [0.2, 0.25) is 0 Å². The summed E-state index contributed by atoms with van der Waals surface area (Å²) in [6.07, 6.45) is 4.80. The average molecular weight is 229 g/mol. The second kappa shape index (κ2) is 5.78. The Kier molecular flexibility index (Phi) is 4.97. The molecule has 2 unspecified atom stereocenters. The smallest absolute Gasteiger partial charge is 0.235 e. The van der Waals surface area contributed by atoms with Crippen LogP contribution in [0.15, 0.2) is 0 Å². The maximum absolute atomic E-state index is 12.2. The molecule has 0 bridgehead atoms. The van der Waals surface area contributed by atoms with E-state index in [1.807, 2.05) is 4.90 Å². The Balaban J connectivity index is 2.63. The maximum atomic E-state index is 12.2. The lowest BCUT2D eigenvalue weighted by Crippen LogP contribution is -2.44. The van der Waals surface area contributed by atoms with E-state index in [1.165, 1.54) is 12.8 Å². The Hall–Kier alpha value is -0.180. The molecule has 1 heterocycles. The first-order valence-electron chi connectivity index (χ1n) is 6.02. The summed E-state index contributed by atoms with van der Waals surface area (Å²) in [5.74, 6) is 0.541. The molecule has 2 nitrogen and oxygen atoms in total. The molecule has 1 rings (SSSR count). The van der Waals surface area contributed by atoms with E-state index >= 15 is 0 Å². The minimum Gasteiger partial charge on any atom is -0.339 e. The molecular weight excluding hydrogens is 206 g/mol. The SMILES string of the molecule is CC(C)C(S)C(=O)N1CCCCCC1C. The van der Waals surface area contributed by atoms with Gasteiger partial charge in [0.2, 0.25) is 5.91 Å². The lowest BCUT2D eigenvalue weighted by atomic mass is 10.1. The van der Waals surface area contributed by atoms with Crippen molar-refractivity contribution < 1.29 is 4.79 Å². The summed E-state index contributed by atoms with van der Waals surface area (Å²) in [5, 5.41) is -0.134. The monoisotopic (exact) mass is 229 g/mol. The van der Waals surface area contributed by atoms with E-state index < -0.39 is 0 Å². The Morgan fingerprint density at radius 1 is 1.33 bits per heavy atom. The maximum Gasteiger partial charge on any atom is 0.235 e. The highest BCUT2D eigenvalue weighted by Gasteiger charge is 2.27. The van der Waals surface area contributed by atoms with Crippen molar-refractivity contribution in [1.29, 1.82) is 0 Å². The summed E-state index contributed by atoms with van der Waals surface area (Å²) >= 11 is 4.41. The van der Waals surface area contributed by atoms with Crippen molar-refractivity contribution in [2.24, 2.45) is 5.92 Å². The van der Waals surface area contributed by atoms with Crippen LogP contribution in [0.5, 0.6) is 0 Å². The van der Waals surface area contributed by atoms with Crippen LogP contribution in [0.4, 0.5) is 0 Å². The Bertz CT molecular complexity index is 218. The highest BCUT2D eigenvalue weighted by Crippen LogP contribution is 2.20. The van der Waals surface area contributed by atoms with Gasteiger partial charge >= 0.3 is 0 Å². The summed E-state index contributed by atoms with van der Waals surface area (Å²) in [4.78, 5) is 14.2. The second-order valence-electron chi connectivity index (χ2n) is 4.92. The van der Waals surface area contributed by atoms with E-state index in [-0.39, 0.29) is 11.2 Å². The molecular formula is C12H23NOS. The van der Waals surface area contributed by atoms with Gasteiger partial charge in [-0.2, -0.15) is 12.6 Å². The Labute approximate surface area is 98.8 Å². The number of carbonyl (C=O) groups is 1. The highest BCUT2D eigenvalue weighted by atomic mass is 32.1. The third kappa shape index (κ3) is 3.40. The average Bonchev–Trinajstić information content (AvgIpc) is 2.40. The van der Waals surface area contributed by atoms with Crippen LogP contribution < -0.4 is 0 Å². The third-order valence-electron chi connectivity index (χ3n) is 3.22. The normalized spacial score (nSPS) is 25.1. The zero-order chi connectivity index (χ0) is 11.4. The van der Waals surface area contributed by atoms with E-state index in [2.05, 4.69) is 33.4 Å². The van der Waals surface area contributed by atoms with Crippen LogP contribution in [0.3, 0.4) is 0 Å². The molecule has 1 aliphatic heterocycles. The molecule has 15 heavy (non-hydrogen) atoms. The summed E-state index contributed by atoms with van der Waals surface area (Å²) < 4.78 is 0. The van der Waals surface area contributed by atoms with Gasteiger partial charge in [-0.15, -0.1) is 0 Å². The molecule has 1 saturated heterocycles. The van der Waals surface area contributed by atoms with Gasteiger partial charge in [-0.1, -0.05) is 26.7 Å². The molecule has 3 heteroatoms. The van der Waals surface area contributed by atoms with E-state index in [0.29, 0.717) is 12.0 Å². The molecule has 88 valence electrons. The fraction of sp³-hybridized carbons (Fsp3) is 0.917. The van der Waals surface area contributed by atoms with Crippen LogP contribution in [-0.2, 0) is 4.79 Å². The van der Waals surface area contributed by atoms with Gasteiger partial charge in [0.15, 0.2) is 0 Å². The summed E-state index contributed by atoms with van der Waals surface area (Å²) in [6, 6.07) is 0.397. The van der Waals surface area contributed by atoms with Gasteiger partial charge in [0.25, 0.3) is 0 Å². The molecule has 0 aromatic carbocycles. The van der Waals surface area contributed by atoms with E-state index in [1.54, 1.807) is 0 Å². The molecule has 0 N–H and O–H groups in total. The minimum atomic E-state index is -0.134. The van der Waals surface area contributed by atoms with Gasteiger partial charge < -0.3 is 4.90 Å². The van der Waals surface area contributed by atoms with Crippen LogP contribution in [0.25, 0.3) is 0 Å². The number of nitrogens with zero attached hydrogens (tertiary/aromatic N) is 1. The number of carbonyl (C=O) groups excluding carboxylic acids is 1. The first-order valence-corrected chi connectivity index (χ1v) is 6.54. The topological polar surface area (TPSA) is 20.3 Å². The quantitative estimate of drug-likeness (QED) is 0.722. The van der Waals surface area contributed by atoms with Crippen molar-refractivity contribution in [1.82, 2.24) is 4.90 Å². The van der Waals surface area contributed by atoms with Gasteiger partial charge in [0.05, 0.1) is 5.25 Å². The highest BCUT2D eigenvalue weighted by molar-refractivity contribution is 7.81. The van der Waals surface area contributed by atoms with Gasteiger partial charge in [-0.05, 0) is 25.7 Å². The molecule has 0 radical (unpaired) electrons. The number of hydrogen-bond donors (Lipinski definition) is 1. The minimum absolute atomic E-state index is 0.134. The number of likely N-dealkylation sites (tertiary alicyclic amines) is 1. The van der Waals surface area contributed by atoms with Crippen LogP contribution in [0, 0.1) is 5.92 Å². The van der Waals surface area contributed by atoms with Crippen molar-refractivity contribution in [3.8, 4) is 0 Å². The molecule has 2 atom stereocenters. The first kappa shape index (κ1) is 12.9. The summed E-state index contributed by atoms with van der Waals surface area (Å²) in [5.41, 5.74) is 0. The molecule has 0 aromatic rings. The van der Waals surface area contributed by atoms with Crippen LogP contribution in [0.1, 0.15) is 46.5 Å². The van der Waals surface area contributed by atoms with Gasteiger partial charge in [-0.3, -0.25) is 4.79 Å². The molecule has 1 amide bonds. The molecule has 1 aliphatic rings. The molecule has 0 spiro atoms. The zero-order valence-electron chi connectivity index (χ0n) is 10.1. The van der Waals surface area contributed by atoms with Gasteiger partial charge in [0.1, 0.15) is 0 Å². The molecule has 1 fully saturated rings. The number of rotatable bonds is 2. The predicted octanol–water partition coefficient (Wildman–Crippen LogP) is 2.73. The second-order valence-corrected chi connectivity index (χ2v) is 5.48. The summed E-state index contributed by atoms with van der Waals surface area (Å²) in [6.45, 7) is 7.18. The Morgan fingerprint density at radius 3 is 2.60 bits per heavy atom. The van der Waals surface area contributed by atoms with Crippen molar-refractivity contribution in [2.75, 3.05) is 6.54 Å². The number of thiol groups is 1. The first-order chi connectivity index (χ1) is 7.04. The third-order valence-corrected chi connectivity index (χ3v) is 4.04. The fourth-order valence-corrected chi connectivity index (χ4v) is 2.21. The van der Waals surface area contributed by atoms with Crippen molar-refractivity contribution >= 4 is 18.5 Å². The molecule has 0 aliphatic carbocycles. The van der Waals surface area contributed by atoms with E-state index in [9.17, 15) is 4.79 Å². The van der Waals surface area contributed by atoms with Crippen LogP contribution in [-0.4, -0.2) is 28.6 Å². The van der Waals surface area contributed by atoms with Gasteiger partial charge in [0, 0.05) is 12.6 Å². The van der Waals surface area contributed by atoms with Crippen molar-refractivity contribution in [2.45, 2.75) is 57.7 Å². The largest absolute Gasteiger partial charge is 0.339 e. The number of hydrogen-bond acceptors (Lipinski definition) is 2. The van der Waals surface area contributed by atoms with E-state index in [0.717, 1.165) is 19.4 Å². The fourth-order valence-electron chi connectivity index (χ4n) is 2.06. The van der Waals surface area contributed by atoms with Crippen molar-refractivity contribution in [3.05, 3.63) is 0 Å². The standard InChI is InChI=1S/C12H23NOS/c1-9(2)11(15)12(14)13-8-6-4-5-7-10(13)3/h9-11,15H,4-8H2,1-3H3. The van der Waals surface area contributed by atoms with E-state index in [4.69, 9.17) is 0 Å². The molecule has 0 aromatic heterocycles. The van der Waals surface area contributed by atoms with Crippen molar-refractivity contribution in [3.63, 3.8) is 0 Å². The summed E-state index contributed by atoms with van der Waals surface area (Å²) in [7, 11) is 0. The van der Waals surface area contributed by atoms with Crippen LogP contribution >= 0.6 is 12.6 Å².